The van der Waals surface area contributed by atoms with E-state index >= 15 is 0 Å². The van der Waals surface area contributed by atoms with Crippen LogP contribution >= 0.6 is 11.6 Å². The van der Waals surface area contributed by atoms with Gasteiger partial charge in [-0.2, -0.15) is 0 Å². The Morgan fingerprint density at radius 3 is 2.71 bits per heavy atom. The molecule has 0 fully saturated rings. The number of aryl methyl sites for hydroxylation is 1. The van der Waals surface area contributed by atoms with Crippen molar-refractivity contribution in [3.8, 4) is 11.3 Å². The van der Waals surface area contributed by atoms with E-state index in [0.717, 1.165) is 39.6 Å². The summed E-state index contributed by atoms with van der Waals surface area (Å²) in [6.07, 6.45) is 1.69. The van der Waals surface area contributed by atoms with E-state index in [9.17, 15) is 4.79 Å². The molecule has 0 radical (unpaired) electrons. The van der Waals surface area contributed by atoms with Crippen LogP contribution in [0.15, 0.2) is 70.3 Å². The van der Waals surface area contributed by atoms with Crippen molar-refractivity contribution < 1.29 is 4.42 Å². The van der Waals surface area contributed by atoms with E-state index in [1.54, 1.807) is 12.3 Å². The van der Waals surface area contributed by atoms with Gasteiger partial charge in [0.15, 0.2) is 5.43 Å². The molecule has 1 aliphatic heterocycles. The molecule has 0 saturated heterocycles. The number of benzene rings is 2. The number of anilines is 3. The van der Waals surface area contributed by atoms with Crippen LogP contribution in [0, 0.1) is 13.8 Å². The monoisotopic (exact) mass is 472 g/mol. The van der Waals surface area contributed by atoms with Crippen molar-refractivity contribution in [2.24, 2.45) is 0 Å². The fourth-order valence-electron chi connectivity index (χ4n) is 4.41. The molecule has 1 atom stereocenters. The predicted molar refractivity (Wildman–Crippen MR) is 140 cm³/mol. The number of aromatic nitrogens is 1. The maximum absolute atomic E-state index is 13.4. The van der Waals surface area contributed by atoms with Crippen molar-refractivity contribution in [3.05, 3.63) is 93.1 Å². The van der Waals surface area contributed by atoms with E-state index < -0.39 is 0 Å². The first-order chi connectivity index (χ1) is 16.2. The van der Waals surface area contributed by atoms with Gasteiger partial charge in [-0.25, -0.2) is 4.98 Å². The summed E-state index contributed by atoms with van der Waals surface area (Å²) in [7, 11) is 1.96. The van der Waals surface area contributed by atoms with E-state index in [2.05, 4.69) is 28.3 Å². The lowest BCUT2D eigenvalue weighted by molar-refractivity contribution is 0.605. The summed E-state index contributed by atoms with van der Waals surface area (Å²) in [4.78, 5) is 19.6. The molecule has 0 aliphatic carbocycles. The van der Waals surface area contributed by atoms with Gasteiger partial charge >= 0.3 is 0 Å². The van der Waals surface area contributed by atoms with E-state index in [1.807, 2.05) is 63.1 Å². The van der Waals surface area contributed by atoms with Gasteiger partial charge < -0.3 is 20.0 Å². The highest BCUT2D eigenvalue weighted by Gasteiger charge is 2.22. The zero-order valence-electron chi connectivity index (χ0n) is 19.5. The van der Waals surface area contributed by atoms with Crippen molar-refractivity contribution in [3.63, 3.8) is 0 Å². The number of fused-ring (bicyclic) bond motifs is 2. The molecule has 2 aromatic carbocycles. The van der Waals surface area contributed by atoms with Crippen LogP contribution < -0.4 is 21.0 Å². The lowest BCUT2D eigenvalue weighted by Crippen LogP contribution is -2.12. The summed E-state index contributed by atoms with van der Waals surface area (Å²) < 4.78 is 6.50. The van der Waals surface area contributed by atoms with Crippen LogP contribution in [0.5, 0.6) is 0 Å². The highest BCUT2D eigenvalue weighted by Crippen LogP contribution is 2.39. The molecular formula is C27H25ClN4O2. The maximum atomic E-state index is 13.4. The smallest absolute Gasteiger partial charge is 0.196 e. The molecule has 5 rings (SSSR count). The minimum absolute atomic E-state index is 0.0310. The molecular weight excluding hydrogens is 448 g/mol. The van der Waals surface area contributed by atoms with Crippen LogP contribution in [-0.4, -0.2) is 12.0 Å². The quantitative estimate of drug-likeness (QED) is 0.325. The number of nitrogens with zero attached hydrogens (tertiary/aromatic N) is 2. The summed E-state index contributed by atoms with van der Waals surface area (Å²) in [5.41, 5.74) is 6.64. The van der Waals surface area contributed by atoms with Gasteiger partial charge in [-0.15, -0.1) is 0 Å². The van der Waals surface area contributed by atoms with E-state index in [1.165, 1.54) is 0 Å². The maximum Gasteiger partial charge on any atom is 0.196 e. The molecule has 172 valence electrons. The summed E-state index contributed by atoms with van der Waals surface area (Å²) in [6, 6.07) is 13.4. The molecule has 3 heterocycles. The van der Waals surface area contributed by atoms with Crippen molar-refractivity contribution in [1.82, 2.24) is 4.98 Å². The second-order valence-electron chi connectivity index (χ2n) is 8.71. The van der Waals surface area contributed by atoms with Gasteiger partial charge in [0.05, 0.1) is 34.7 Å². The Morgan fingerprint density at radius 2 is 1.97 bits per heavy atom. The van der Waals surface area contributed by atoms with Gasteiger partial charge in [0.1, 0.15) is 22.3 Å². The molecule has 0 amide bonds. The largest absolute Gasteiger partial charge is 0.455 e. The first-order valence-corrected chi connectivity index (χ1v) is 11.4. The number of halogens is 1. The van der Waals surface area contributed by atoms with Gasteiger partial charge in [0.2, 0.25) is 0 Å². The Kier molecular flexibility index (Phi) is 5.33. The number of nitrogens with one attached hydrogen (secondary N) is 2. The fourth-order valence-corrected chi connectivity index (χ4v) is 4.52. The molecule has 2 N–H and O–H groups in total. The Labute approximate surface area is 202 Å². The third-order valence-electron chi connectivity index (χ3n) is 6.27. The van der Waals surface area contributed by atoms with Crippen LogP contribution in [0.4, 0.5) is 17.1 Å². The SMILES string of the molecule is C=C1Nc2cc(-c3oc4c([C@@H](C)Nc5ccc(Cl)nc5)cc(C)cc4c(=O)c3C)ccc2N1C. The molecule has 4 aromatic rings. The van der Waals surface area contributed by atoms with Crippen molar-refractivity contribution >= 4 is 39.6 Å². The average Bonchev–Trinajstić information content (AvgIpc) is 3.10. The second-order valence-corrected chi connectivity index (χ2v) is 9.10. The van der Waals surface area contributed by atoms with E-state index in [0.29, 0.717) is 27.4 Å². The third kappa shape index (κ3) is 3.70. The summed E-state index contributed by atoms with van der Waals surface area (Å²) >= 11 is 5.92. The number of hydrogen-bond acceptors (Lipinski definition) is 6. The zero-order valence-corrected chi connectivity index (χ0v) is 20.2. The summed E-state index contributed by atoms with van der Waals surface area (Å²) in [6.45, 7) is 9.86. The van der Waals surface area contributed by atoms with Gasteiger partial charge in [0.25, 0.3) is 0 Å². The van der Waals surface area contributed by atoms with Crippen LogP contribution in [0.25, 0.3) is 22.3 Å². The van der Waals surface area contributed by atoms with Gasteiger partial charge in [-0.3, -0.25) is 4.79 Å². The van der Waals surface area contributed by atoms with Crippen LogP contribution in [0.1, 0.15) is 29.7 Å². The molecule has 1 aliphatic rings. The first-order valence-electron chi connectivity index (χ1n) is 11.0. The Bertz CT molecular complexity index is 1510. The topological polar surface area (TPSA) is 70.4 Å². The Balaban J connectivity index is 1.64. The van der Waals surface area contributed by atoms with Crippen molar-refractivity contribution in [2.75, 3.05) is 22.6 Å². The van der Waals surface area contributed by atoms with Gasteiger partial charge in [-0.05, 0) is 62.7 Å². The number of pyridine rings is 1. The van der Waals surface area contributed by atoms with E-state index in [-0.39, 0.29) is 11.5 Å². The molecule has 0 saturated carbocycles. The Morgan fingerprint density at radius 1 is 1.18 bits per heavy atom. The highest BCUT2D eigenvalue weighted by molar-refractivity contribution is 6.29. The average molecular weight is 473 g/mol. The lowest BCUT2D eigenvalue weighted by atomic mass is 9.98. The van der Waals surface area contributed by atoms with Gasteiger partial charge in [-0.1, -0.05) is 24.2 Å². The number of rotatable bonds is 4. The van der Waals surface area contributed by atoms with Crippen molar-refractivity contribution in [2.45, 2.75) is 26.8 Å². The summed E-state index contributed by atoms with van der Waals surface area (Å²) in [5.74, 6) is 1.37. The first kappa shape index (κ1) is 22.0. The fraction of sp³-hybridized carbons (Fsp3) is 0.185. The minimum Gasteiger partial charge on any atom is -0.455 e. The van der Waals surface area contributed by atoms with Crippen molar-refractivity contribution in [1.29, 1.82) is 0 Å². The van der Waals surface area contributed by atoms with Crippen LogP contribution in [0.2, 0.25) is 5.15 Å². The molecule has 2 aromatic heterocycles. The number of hydrogen-bond donors (Lipinski definition) is 2. The third-order valence-corrected chi connectivity index (χ3v) is 6.50. The highest BCUT2D eigenvalue weighted by atomic mass is 35.5. The zero-order chi connectivity index (χ0) is 24.1. The molecule has 0 spiro atoms. The molecule has 6 nitrogen and oxygen atoms in total. The normalized spacial score (nSPS) is 13.7. The van der Waals surface area contributed by atoms with Gasteiger partial charge in [0, 0.05) is 23.7 Å². The molecule has 0 unspecified atom stereocenters. The second kappa shape index (κ2) is 8.22. The molecule has 7 heteroatoms. The van der Waals surface area contributed by atoms with Crippen LogP contribution in [-0.2, 0) is 0 Å². The van der Waals surface area contributed by atoms with E-state index in [4.69, 9.17) is 16.0 Å². The minimum atomic E-state index is -0.136. The van der Waals surface area contributed by atoms with Crippen LogP contribution in [0.3, 0.4) is 0 Å². The lowest BCUT2D eigenvalue weighted by Gasteiger charge is -2.19. The molecule has 34 heavy (non-hydrogen) atoms. The Hall–Kier alpha value is -3.77. The molecule has 0 bridgehead atoms. The summed E-state index contributed by atoms with van der Waals surface area (Å²) in [5, 5.41) is 7.73. The predicted octanol–water partition coefficient (Wildman–Crippen LogP) is 6.63. The standard InChI is InChI=1S/C27H25ClN4O2/c1-14-10-20(16(3)30-19-7-9-24(28)29-13-19)27-21(11-14)25(33)15(2)26(34-27)18-6-8-23-22(12-18)31-17(4)32(23)5/h6-13,16,30-31H,4H2,1-3,5H3/t16-/m1/s1.